The molecule has 0 saturated carbocycles. The molecule has 1 aliphatic heterocycles. The van der Waals surface area contributed by atoms with Gasteiger partial charge in [-0.05, 0) is 11.4 Å². The standard InChI is InChI=1S/C16H15N5S/c1-2-15(22-7-1)16-19-8-12-10-21(6-3-14(12)20-16)11-13-9-17-4-5-18-13/h1-2,4-5,7-9H,3,6,10-11H2. The summed E-state index contributed by atoms with van der Waals surface area (Å²) in [5, 5.41) is 2.06. The van der Waals surface area contributed by atoms with Crippen molar-refractivity contribution in [2.24, 2.45) is 0 Å². The molecule has 0 aromatic carbocycles. The van der Waals surface area contributed by atoms with Crippen LogP contribution in [0.1, 0.15) is 17.0 Å². The Hall–Kier alpha value is -2.18. The fourth-order valence-electron chi connectivity index (χ4n) is 2.67. The molecule has 1 aliphatic rings. The van der Waals surface area contributed by atoms with E-state index in [9.17, 15) is 0 Å². The Morgan fingerprint density at radius 2 is 2.18 bits per heavy atom. The topological polar surface area (TPSA) is 54.8 Å². The minimum Gasteiger partial charge on any atom is -0.293 e. The van der Waals surface area contributed by atoms with E-state index in [1.165, 1.54) is 11.3 Å². The Morgan fingerprint density at radius 3 is 3.00 bits per heavy atom. The van der Waals surface area contributed by atoms with Gasteiger partial charge in [0.2, 0.25) is 0 Å². The lowest BCUT2D eigenvalue weighted by Gasteiger charge is -2.27. The first-order valence-electron chi connectivity index (χ1n) is 7.24. The van der Waals surface area contributed by atoms with Crippen molar-refractivity contribution >= 4 is 11.3 Å². The van der Waals surface area contributed by atoms with E-state index in [-0.39, 0.29) is 0 Å². The molecule has 0 fully saturated rings. The predicted molar refractivity (Wildman–Crippen MR) is 85.2 cm³/mol. The zero-order valence-electron chi connectivity index (χ0n) is 12.0. The van der Waals surface area contributed by atoms with E-state index in [1.54, 1.807) is 23.7 Å². The lowest BCUT2D eigenvalue weighted by molar-refractivity contribution is 0.240. The molecule has 0 N–H and O–H groups in total. The van der Waals surface area contributed by atoms with Crippen molar-refractivity contribution in [3.05, 3.63) is 59.3 Å². The maximum atomic E-state index is 4.74. The van der Waals surface area contributed by atoms with Crippen molar-refractivity contribution < 1.29 is 0 Å². The van der Waals surface area contributed by atoms with Crippen molar-refractivity contribution in [2.45, 2.75) is 19.5 Å². The van der Waals surface area contributed by atoms with Crippen LogP contribution in [-0.4, -0.2) is 31.4 Å². The highest BCUT2D eigenvalue weighted by molar-refractivity contribution is 7.13. The van der Waals surface area contributed by atoms with Crippen LogP contribution in [0.3, 0.4) is 0 Å². The highest BCUT2D eigenvalue weighted by Gasteiger charge is 2.19. The largest absolute Gasteiger partial charge is 0.293 e. The molecular formula is C16H15N5S. The van der Waals surface area contributed by atoms with E-state index in [4.69, 9.17) is 4.98 Å². The van der Waals surface area contributed by atoms with E-state index >= 15 is 0 Å². The molecule has 0 atom stereocenters. The van der Waals surface area contributed by atoms with Crippen LogP contribution in [0.25, 0.3) is 10.7 Å². The molecule has 22 heavy (non-hydrogen) atoms. The Morgan fingerprint density at radius 1 is 1.18 bits per heavy atom. The molecular weight excluding hydrogens is 294 g/mol. The monoisotopic (exact) mass is 309 g/mol. The molecule has 0 unspecified atom stereocenters. The number of hydrogen-bond donors (Lipinski definition) is 0. The van der Waals surface area contributed by atoms with Gasteiger partial charge in [0.1, 0.15) is 0 Å². The van der Waals surface area contributed by atoms with E-state index in [0.29, 0.717) is 0 Å². The van der Waals surface area contributed by atoms with Gasteiger partial charge in [0.15, 0.2) is 5.82 Å². The normalized spacial score (nSPS) is 14.7. The molecule has 4 heterocycles. The van der Waals surface area contributed by atoms with E-state index in [2.05, 4.69) is 31.3 Å². The van der Waals surface area contributed by atoms with Crippen LogP contribution in [0.5, 0.6) is 0 Å². The minimum atomic E-state index is 0.819. The van der Waals surface area contributed by atoms with Gasteiger partial charge < -0.3 is 0 Å². The Bertz CT molecular complexity index is 757. The number of rotatable bonds is 3. The summed E-state index contributed by atoms with van der Waals surface area (Å²) in [7, 11) is 0. The van der Waals surface area contributed by atoms with Gasteiger partial charge in [0.05, 0.1) is 16.3 Å². The highest BCUT2D eigenvalue weighted by atomic mass is 32.1. The average Bonchev–Trinajstić information content (AvgIpc) is 3.10. The quantitative estimate of drug-likeness (QED) is 0.744. The first-order valence-corrected chi connectivity index (χ1v) is 8.12. The third-order valence-electron chi connectivity index (χ3n) is 3.76. The Balaban J connectivity index is 1.52. The fourth-order valence-corrected chi connectivity index (χ4v) is 3.34. The van der Waals surface area contributed by atoms with Crippen LogP contribution in [0.2, 0.25) is 0 Å². The van der Waals surface area contributed by atoms with Gasteiger partial charge in [-0.2, -0.15) is 0 Å². The van der Waals surface area contributed by atoms with Crippen LogP contribution in [0.15, 0.2) is 42.3 Å². The smallest absolute Gasteiger partial charge is 0.169 e. The molecule has 0 saturated heterocycles. The van der Waals surface area contributed by atoms with Gasteiger partial charge in [0, 0.05) is 56.4 Å². The van der Waals surface area contributed by atoms with Crippen molar-refractivity contribution in [2.75, 3.05) is 6.54 Å². The molecule has 0 radical (unpaired) electrons. The summed E-state index contributed by atoms with van der Waals surface area (Å²) < 4.78 is 0. The van der Waals surface area contributed by atoms with Gasteiger partial charge in [-0.3, -0.25) is 14.9 Å². The lowest BCUT2D eigenvalue weighted by Crippen LogP contribution is -2.31. The summed E-state index contributed by atoms with van der Waals surface area (Å²) in [6, 6.07) is 4.10. The van der Waals surface area contributed by atoms with E-state index in [0.717, 1.165) is 42.5 Å². The van der Waals surface area contributed by atoms with Crippen LogP contribution in [0, 0.1) is 0 Å². The molecule has 0 bridgehead atoms. The third-order valence-corrected chi connectivity index (χ3v) is 4.62. The summed E-state index contributed by atoms with van der Waals surface area (Å²) >= 11 is 1.68. The van der Waals surface area contributed by atoms with Gasteiger partial charge in [-0.15, -0.1) is 11.3 Å². The van der Waals surface area contributed by atoms with Gasteiger partial charge in [-0.25, -0.2) is 9.97 Å². The second-order valence-electron chi connectivity index (χ2n) is 5.30. The van der Waals surface area contributed by atoms with E-state index in [1.807, 2.05) is 18.5 Å². The highest BCUT2D eigenvalue weighted by Crippen LogP contribution is 2.24. The third kappa shape index (κ3) is 2.75. The summed E-state index contributed by atoms with van der Waals surface area (Å²) in [6.07, 6.45) is 8.20. The Labute approximate surface area is 132 Å². The summed E-state index contributed by atoms with van der Waals surface area (Å²) in [4.78, 5) is 21.2. The van der Waals surface area contributed by atoms with Crippen molar-refractivity contribution in [1.82, 2.24) is 24.8 Å². The van der Waals surface area contributed by atoms with Crippen LogP contribution in [-0.2, 0) is 19.5 Å². The van der Waals surface area contributed by atoms with Gasteiger partial charge >= 0.3 is 0 Å². The summed E-state index contributed by atoms with van der Waals surface area (Å²) in [6.45, 7) is 2.68. The van der Waals surface area contributed by atoms with Crippen molar-refractivity contribution in [3.63, 3.8) is 0 Å². The minimum absolute atomic E-state index is 0.819. The second kappa shape index (κ2) is 5.90. The van der Waals surface area contributed by atoms with Crippen molar-refractivity contribution in [3.8, 4) is 10.7 Å². The number of thiophene rings is 1. The zero-order chi connectivity index (χ0) is 14.8. The lowest BCUT2D eigenvalue weighted by atomic mass is 10.1. The molecule has 6 heteroatoms. The number of nitrogens with zero attached hydrogens (tertiary/aromatic N) is 5. The number of hydrogen-bond acceptors (Lipinski definition) is 6. The number of aromatic nitrogens is 4. The molecule has 0 aliphatic carbocycles. The van der Waals surface area contributed by atoms with Gasteiger partial charge in [0.25, 0.3) is 0 Å². The SMILES string of the molecule is c1csc(-c2ncc3c(n2)CCN(Cc2cnccn2)C3)c1. The predicted octanol–water partition coefficient (Wildman–Crippen LogP) is 2.55. The van der Waals surface area contributed by atoms with Crippen LogP contribution in [0.4, 0.5) is 0 Å². The molecule has 4 rings (SSSR count). The molecule has 0 amide bonds. The first-order chi connectivity index (χ1) is 10.9. The molecule has 3 aromatic heterocycles. The first kappa shape index (κ1) is 13.5. The maximum Gasteiger partial charge on any atom is 0.169 e. The molecule has 3 aromatic rings. The summed E-state index contributed by atoms with van der Waals surface area (Å²) in [5.74, 6) is 0.844. The van der Waals surface area contributed by atoms with Crippen molar-refractivity contribution in [1.29, 1.82) is 0 Å². The maximum absolute atomic E-state index is 4.74. The summed E-state index contributed by atoms with van der Waals surface area (Å²) in [5.41, 5.74) is 3.39. The van der Waals surface area contributed by atoms with Crippen LogP contribution < -0.4 is 0 Å². The average molecular weight is 309 g/mol. The molecule has 5 nitrogen and oxygen atoms in total. The van der Waals surface area contributed by atoms with Crippen LogP contribution >= 0.6 is 11.3 Å². The Kier molecular flexibility index (Phi) is 3.62. The second-order valence-corrected chi connectivity index (χ2v) is 6.25. The number of fused-ring (bicyclic) bond motifs is 1. The zero-order valence-corrected chi connectivity index (χ0v) is 12.8. The fraction of sp³-hybridized carbons (Fsp3) is 0.250. The molecule has 110 valence electrons. The van der Waals surface area contributed by atoms with Gasteiger partial charge in [-0.1, -0.05) is 6.07 Å². The van der Waals surface area contributed by atoms with E-state index < -0.39 is 0 Å². The molecule has 0 spiro atoms.